The molecule has 4 nitrogen and oxygen atoms in total. The van der Waals surface area contributed by atoms with Gasteiger partial charge < -0.3 is 10.1 Å². The molecule has 130 valence electrons. The number of aromatic nitrogens is 1. The van der Waals surface area contributed by atoms with Crippen LogP contribution >= 0.6 is 0 Å². The normalized spacial score (nSPS) is 29.0. The summed E-state index contributed by atoms with van der Waals surface area (Å²) in [6, 6.07) is 10.5. The van der Waals surface area contributed by atoms with Crippen LogP contribution < -0.4 is 5.32 Å². The van der Waals surface area contributed by atoms with Gasteiger partial charge in [0.05, 0.1) is 11.6 Å². The van der Waals surface area contributed by atoms with Gasteiger partial charge in [0.2, 0.25) is 5.91 Å². The molecule has 1 aromatic carbocycles. The van der Waals surface area contributed by atoms with E-state index in [2.05, 4.69) is 16.4 Å². The number of nitrogens with one attached hydrogen (secondary N) is 1. The summed E-state index contributed by atoms with van der Waals surface area (Å²) in [6.45, 7) is 0.868. The number of aryl methyl sites for hydroxylation is 1. The molecule has 3 unspecified atom stereocenters. The van der Waals surface area contributed by atoms with Gasteiger partial charge in [0.1, 0.15) is 0 Å². The molecule has 2 saturated carbocycles. The van der Waals surface area contributed by atoms with Crippen molar-refractivity contribution in [2.75, 3.05) is 6.61 Å². The Bertz CT molecular complexity index is 809. The molecule has 1 saturated heterocycles. The fourth-order valence-electron chi connectivity index (χ4n) is 5.32. The zero-order valence-electron chi connectivity index (χ0n) is 14.4. The molecule has 5 rings (SSSR count). The van der Waals surface area contributed by atoms with Gasteiger partial charge >= 0.3 is 0 Å². The maximum Gasteiger partial charge on any atom is 0.220 e. The molecule has 1 amide bonds. The van der Waals surface area contributed by atoms with Crippen molar-refractivity contribution in [3.63, 3.8) is 0 Å². The molecule has 3 fully saturated rings. The Kier molecular flexibility index (Phi) is 3.56. The second kappa shape index (κ2) is 5.80. The van der Waals surface area contributed by atoms with E-state index in [0.29, 0.717) is 24.5 Å². The van der Waals surface area contributed by atoms with Gasteiger partial charge in [-0.1, -0.05) is 24.6 Å². The Morgan fingerprint density at radius 1 is 1.28 bits per heavy atom. The SMILES string of the molecule is O=C(CCc1ccnc2ccccc12)NC1C2CCOC2C12CCC2. The first-order chi connectivity index (χ1) is 12.3. The molecule has 3 atom stereocenters. The largest absolute Gasteiger partial charge is 0.377 e. The topological polar surface area (TPSA) is 51.2 Å². The van der Waals surface area contributed by atoms with E-state index in [-0.39, 0.29) is 11.3 Å². The lowest BCUT2D eigenvalue weighted by Crippen LogP contribution is -2.71. The van der Waals surface area contributed by atoms with E-state index in [4.69, 9.17) is 4.74 Å². The third-order valence-electron chi connectivity index (χ3n) is 6.71. The Morgan fingerprint density at radius 3 is 3.00 bits per heavy atom. The van der Waals surface area contributed by atoms with E-state index >= 15 is 0 Å². The van der Waals surface area contributed by atoms with Gasteiger partial charge in [-0.05, 0) is 43.4 Å². The number of carbonyl (C=O) groups is 1. The molecule has 4 heteroatoms. The Balaban J connectivity index is 1.25. The van der Waals surface area contributed by atoms with Gasteiger partial charge in [-0.3, -0.25) is 9.78 Å². The fourth-order valence-corrected chi connectivity index (χ4v) is 5.32. The summed E-state index contributed by atoms with van der Waals surface area (Å²) in [6.07, 6.45) is 8.37. The third-order valence-corrected chi connectivity index (χ3v) is 6.71. The van der Waals surface area contributed by atoms with Crippen LogP contribution in [0, 0.1) is 11.3 Å². The number of carbonyl (C=O) groups excluding carboxylic acids is 1. The van der Waals surface area contributed by atoms with Crippen molar-refractivity contribution in [1.82, 2.24) is 10.3 Å². The Labute approximate surface area is 148 Å². The van der Waals surface area contributed by atoms with Crippen molar-refractivity contribution in [3.05, 3.63) is 42.1 Å². The van der Waals surface area contributed by atoms with Crippen LogP contribution in [0.5, 0.6) is 0 Å². The predicted molar refractivity (Wildman–Crippen MR) is 96.1 cm³/mol. The first-order valence-electron chi connectivity index (χ1n) is 9.51. The summed E-state index contributed by atoms with van der Waals surface area (Å²) >= 11 is 0. The highest BCUT2D eigenvalue weighted by Gasteiger charge is 2.66. The van der Waals surface area contributed by atoms with Crippen LogP contribution in [0.1, 0.15) is 37.7 Å². The summed E-state index contributed by atoms with van der Waals surface area (Å²) in [7, 11) is 0. The summed E-state index contributed by atoms with van der Waals surface area (Å²) < 4.78 is 5.94. The number of amides is 1. The van der Waals surface area contributed by atoms with E-state index in [1.54, 1.807) is 0 Å². The second-order valence-corrected chi connectivity index (χ2v) is 7.86. The van der Waals surface area contributed by atoms with E-state index in [0.717, 1.165) is 30.4 Å². The van der Waals surface area contributed by atoms with Crippen LogP contribution in [0.4, 0.5) is 0 Å². The maximum atomic E-state index is 12.6. The van der Waals surface area contributed by atoms with Crippen LogP contribution in [0.2, 0.25) is 0 Å². The van der Waals surface area contributed by atoms with Gasteiger partial charge in [0.25, 0.3) is 0 Å². The molecule has 0 bridgehead atoms. The molecule has 0 radical (unpaired) electrons. The van der Waals surface area contributed by atoms with Gasteiger partial charge in [0.15, 0.2) is 0 Å². The highest BCUT2D eigenvalue weighted by Crippen LogP contribution is 2.62. The quantitative estimate of drug-likeness (QED) is 0.932. The van der Waals surface area contributed by atoms with Crippen molar-refractivity contribution in [2.45, 2.75) is 50.7 Å². The molecule has 1 aliphatic heterocycles. The lowest BCUT2D eigenvalue weighted by molar-refractivity contribution is -0.179. The number of para-hydroxylation sites is 1. The first-order valence-corrected chi connectivity index (χ1v) is 9.51. The van der Waals surface area contributed by atoms with Crippen molar-refractivity contribution in [3.8, 4) is 0 Å². The lowest BCUT2D eigenvalue weighted by atomic mass is 9.46. The molecule has 2 aromatic rings. The van der Waals surface area contributed by atoms with Gasteiger partial charge in [0, 0.05) is 42.0 Å². The number of nitrogens with zero attached hydrogens (tertiary/aromatic N) is 1. The number of benzene rings is 1. The van der Waals surface area contributed by atoms with Crippen LogP contribution in [-0.2, 0) is 16.0 Å². The summed E-state index contributed by atoms with van der Waals surface area (Å²) in [5, 5.41) is 4.52. The summed E-state index contributed by atoms with van der Waals surface area (Å²) in [5.74, 6) is 0.730. The molecule has 1 N–H and O–H groups in total. The highest BCUT2D eigenvalue weighted by atomic mass is 16.5. The average Bonchev–Trinajstić information content (AvgIpc) is 3.01. The molecule has 1 spiro atoms. The minimum absolute atomic E-state index is 0.183. The fraction of sp³-hybridized carbons (Fsp3) is 0.524. The van der Waals surface area contributed by atoms with Gasteiger partial charge in [-0.2, -0.15) is 0 Å². The molecule has 25 heavy (non-hydrogen) atoms. The number of hydrogen-bond acceptors (Lipinski definition) is 3. The molecule has 2 aliphatic carbocycles. The van der Waals surface area contributed by atoms with Crippen molar-refractivity contribution in [2.24, 2.45) is 11.3 Å². The van der Waals surface area contributed by atoms with E-state index in [9.17, 15) is 4.79 Å². The minimum Gasteiger partial charge on any atom is -0.377 e. The predicted octanol–water partition coefficient (Wildman–Crippen LogP) is 3.24. The molecule has 2 heterocycles. The van der Waals surface area contributed by atoms with Crippen LogP contribution in [0.3, 0.4) is 0 Å². The number of pyridine rings is 1. The third kappa shape index (κ3) is 2.30. The number of rotatable bonds is 4. The number of hydrogen-bond donors (Lipinski definition) is 1. The number of ether oxygens (including phenoxy) is 1. The van der Waals surface area contributed by atoms with E-state index in [1.165, 1.54) is 24.8 Å². The zero-order valence-corrected chi connectivity index (χ0v) is 14.4. The molecule has 3 aliphatic rings. The van der Waals surface area contributed by atoms with Crippen molar-refractivity contribution >= 4 is 16.8 Å². The number of fused-ring (bicyclic) bond motifs is 3. The monoisotopic (exact) mass is 336 g/mol. The van der Waals surface area contributed by atoms with Gasteiger partial charge in [-0.15, -0.1) is 0 Å². The summed E-state index contributed by atoms with van der Waals surface area (Å²) in [5.41, 5.74) is 2.47. The summed E-state index contributed by atoms with van der Waals surface area (Å²) in [4.78, 5) is 17.0. The highest BCUT2D eigenvalue weighted by molar-refractivity contribution is 5.83. The average molecular weight is 336 g/mol. The zero-order chi connectivity index (χ0) is 16.9. The van der Waals surface area contributed by atoms with Crippen LogP contribution in [0.25, 0.3) is 10.9 Å². The van der Waals surface area contributed by atoms with Gasteiger partial charge in [-0.25, -0.2) is 0 Å². The van der Waals surface area contributed by atoms with Crippen molar-refractivity contribution in [1.29, 1.82) is 0 Å². The first kappa shape index (κ1) is 15.3. The van der Waals surface area contributed by atoms with Crippen LogP contribution in [0.15, 0.2) is 36.5 Å². The maximum absolute atomic E-state index is 12.6. The lowest BCUT2D eigenvalue weighted by Gasteiger charge is -2.63. The Morgan fingerprint density at radius 2 is 2.16 bits per heavy atom. The second-order valence-electron chi connectivity index (χ2n) is 7.86. The standard InChI is InChI=1S/C21H24N2O2/c24-18(7-6-14-8-12-22-17-5-2-1-4-15(14)17)23-19-16-9-13-25-20(16)21(19)10-3-11-21/h1-2,4-5,8,12,16,19-20H,3,6-7,9-11,13H2,(H,23,24). The smallest absolute Gasteiger partial charge is 0.220 e. The minimum atomic E-state index is 0.183. The van der Waals surface area contributed by atoms with E-state index in [1.807, 2.05) is 30.5 Å². The van der Waals surface area contributed by atoms with E-state index < -0.39 is 0 Å². The molecule has 1 aromatic heterocycles. The van der Waals surface area contributed by atoms with Crippen molar-refractivity contribution < 1.29 is 9.53 Å². The van der Waals surface area contributed by atoms with Crippen LogP contribution in [-0.4, -0.2) is 29.6 Å². The molecular formula is C21H24N2O2. The molecular weight excluding hydrogens is 312 g/mol. The Hall–Kier alpha value is -1.94.